The molecule has 2 aromatic rings. The number of nitrogens with one attached hydrogen (secondary N) is 3. The zero-order valence-electron chi connectivity index (χ0n) is 14.9. The summed E-state index contributed by atoms with van der Waals surface area (Å²) in [6.07, 6.45) is 8.78. The van der Waals surface area contributed by atoms with Gasteiger partial charge in [0.15, 0.2) is 0 Å². The van der Waals surface area contributed by atoms with Crippen molar-refractivity contribution >= 4 is 5.91 Å². The van der Waals surface area contributed by atoms with Crippen LogP contribution in [0.3, 0.4) is 0 Å². The molecule has 1 amide bonds. The number of carbonyl (C=O) groups excluding carboxylic acids is 1. The zero-order valence-corrected chi connectivity index (χ0v) is 14.9. The van der Waals surface area contributed by atoms with Gasteiger partial charge in [0.25, 0.3) is 5.91 Å². The molecule has 6 nitrogen and oxygen atoms in total. The first-order valence-corrected chi connectivity index (χ1v) is 9.62. The van der Waals surface area contributed by atoms with Crippen molar-refractivity contribution < 1.29 is 9.32 Å². The van der Waals surface area contributed by atoms with Gasteiger partial charge in [-0.25, -0.2) is 5.43 Å². The summed E-state index contributed by atoms with van der Waals surface area (Å²) in [5.41, 5.74) is 8.13. The molecule has 2 atom stereocenters. The predicted octanol–water partition coefficient (Wildman–Crippen LogP) is 3.23. The lowest BCUT2D eigenvalue weighted by molar-refractivity contribution is 0.0895. The first-order valence-electron chi connectivity index (χ1n) is 9.62. The maximum atomic E-state index is 12.4. The van der Waals surface area contributed by atoms with Crippen LogP contribution < -0.4 is 16.2 Å². The Morgan fingerprint density at radius 2 is 1.96 bits per heavy atom. The summed E-state index contributed by atoms with van der Waals surface area (Å²) in [6.45, 7) is 0. The van der Waals surface area contributed by atoms with Crippen LogP contribution >= 0.6 is 0 Å². The molecule has 0 bridgehead atoms. The summed E-state index contributed by atoms with van der Waals surface area (Å²) in [5.74, 6) is 0.818. The number of carbonyl (C=O) groups is 1. The summed E-state index contributed by atoms with van der Waals surface area (Å²) in [6, 6.07) is 11.8. The van der Waals surface area contributed by atoms with Gasteiger partial charge in [-0.05, 0) is 18.8 Å². The Morgan fingerprint density at radius 1 is 1.15 bits per heavy atom. The highest BCUT2D eigenvalue weighted by Crippen LogP contribution is 2.28. The highest BCUT2D eigenvalue weighted by atomic mass is 16.5. The van der Waals surface area contributed by atoms with Gasteiger partial charge < -0.3 is 9.84 Å². The van der Waals surface area contributed by atoms with Crippen LogP contribution in [0.4, 0.5) is 0 Å². The largest absolute Gasteiger partial charge is 0.350 e. The lowest BCUT2D eigenvalue weighted by Crippen LogP contribution is -2.44. The average Bonchev–Trinajstić information content (AvgIpc) is 3.33. The van der Waals surface area contributed by atoms with E-state index in [4.69, 9.17) is 4.52 Å². The van der Waals surface area contributed by atoms with Crippen LogP contribution in [0.1, 0.15) is 55.5 Å². The van der Waals surface area contributed by atoms with Crippen molar-refractivity contribution in [2.75, 3.05) is 0 Å². The molecule has 0 radical (unpaired) electrons. The number of rotatable bonds is 5. The van der Waals surface area contributed by atoms with E-state index in [1.807, 2.05) is 30.3 Å². The van der Waals surface area contributed by atoms with Crippen molar-refractivity contribution in [1.82, 2.24) is 21.3 Å². The summed E-state index contributed by atoms with van der Waals surface area (Å²) in [5, 5.41) is 6.98. The molecule has 1 saturated heterocycles. The lowest BCUT2D eigenvalue weighted by atomic mass is 9.84. The number of benzene rings is 1. The van der Waals surface area contributed by atoms with Crippen molar-refractivity contribution in [2.24, 2.45) is 5.92 Å². The van der Waals surface area contributed by atoms with Crippen molar-refractivity contribution in [3.8, 4) is 11.3 Å². The van der Waals surface area contributed by atoms with Crippen molar-refractivity contribution in [1.29, 1.82) is 0 Å². The van der Waals surface area contributed by atoms with E-state index < -0.39 is 0 Å². The molecule has 2 heterocycles. The zero-order chi connectivity index (χ0) is 17.8. The van der Waals surface area contributed by atoms with Crippen molar-refractivity contribution in [3.05, 3.63) is 42.2 Å². The molecule has 3 N–H and O–H groups in total. The Morgan fingerprint density at radius 3 is 2.77 bits per heavy atom. The standard InChI is InChI=1S/C20H26N4O2/c25-20(18-13-17(24-26-18)15-9-5-2-6-10-15)21-19-12-16(22-23-19)11-14-7-3-1-4-8-14/h2,5-6,9-10,13-14,16,19,22-23H,1,3-4,7-8,11-12H2,(H,21,25). The summed E-state index contributed by atoms with van der Waals surface area (Å²) < 4.78 is 5.23. The van der Waals surface area contributed by atoms with Crippen LogP contribution in [0.2, 0.25) is 0 Å². The molecule has 4 rings (SSSR count). The first kappa shape index (κ1) is 17.2. The maximum Gasteiger partial charge on any atom is 0.291 e. The summed E-state index contributed by atoms with van der Waals surface area (Å²) in [4.78, 5) is 12.4. The fourth-order valence-corrected chi connectivity index (χ4v) is 4.05. The number of amides is 1. The molecule has 1 saturated carbocycles. The van der Waals surface area contributed by atoms with Crippen LogP contribution in [0, 0.1) is 5.92 Å². The molecular formula is C20H26N4O2. The van der Waals surface area contributed by atoms with Gasteiger partial charge in [0.1, 0.15) is 5.69 Å². The number of hydrogen-bond acceptors (Lipinski definition) is 5. The topological polar surface area (TPSA) is 79.2 Å². The highest BCUT2D eigenvalue weighted by molar-refractivity contribution is 5.92. The molecule has 0 spiro atoms. The van der Waals surface area contributed by atoms with E-state index in [1.54, 1.807) is 6.07 Å². The van der Waals surface area contributed by atoms with E-state index in [2.05, 4.69) is 21.3 Å². The number of aromatic nitrogens is 1. The van der Waals surface area contributed by atoms with Crippen molar-refractivity contribution in [2.45, 2.75) is 57.2 Å². The molecule has 1 aliphatic carbocycles. The van der Waals surface area contributed by atoms with E-state index in [0.29, 0.717) is 11.7 Å². The van der Waals surface area contributed by atoms with Gasteiger partial charge in [-0.3, -0.25) is 10.2 Å². The molecular weight excluding hydrogens is 328 g/mol. The van der Waals surface area contributed by atoms with Gasteiger partial charge in [-0.2, -0.15) is 0 Å². The molecule has 1 aliphatic heterocycles. The molecule has 26 heavy (non-hydrogen) atoms. The van der Waals surface area contributed by atoms with Crippen LogP contribution in [0.5, 0.6) is 0 Å². The van der Waals surface area contributed by atoms with E-state index >= 15 is 0 Å². The lowest BCUT2D eigenvalue weighted by Gasteiger charge is -2.24. The molecule has 1 aromatic heterocycles. The second-order valence-electron chi connectivity index (χ2n) is 7.43. The van der Waals surface area contributed by atoms with Crippen molar-refractivity contribution in [3.63, 3.8) is 0 Å². The summed E-state index contributed by atoms with van der Waals surface area (Å²) in [7, 11) is 0. The van der Waals surface area contributed by atoms with Gasteiger partial charge in [-0.1, -0.05) is 67.6 Å². The smallest absolute Gasteiger partial charge is 0.291 e. The Hall–Kier alpha value is -2.18. The molecule has 2 fully saturated rings. The second-order valence-corrected chi connectivity index (χ2v) is 7.43. The highest BCUT2D eigenvalue weighted by Gasteiger charge is 2.28. The normalized spacial score (nSPS) is 23.8. The fourth-order valence-electron chi connectivity index (χ4n) is 4.05. The Kier molecular flexibility index (Phi) is 5.32. The van der Waals surface area contributed by atoms with E-state index in [1.165, 1.54) is 38.5 Å². The Labute approximate surface area is 153 Å². The van der Waals surface area contributed by atoms with Gasteiger partial charge in [0.05, 0.1) is 6.17 Å². The number of hydrogen-bond donors (Lipinski definition) is 3. The number of hydrazine groups is 1. The molecule has 6 heteroatoms. The predicted molar refractivity (Wildman–Crippen MR) is 99.1 cm³/mol. The molecule has 2 aliphatic rings. The minimum absolute atomic E-state index is 0.0821. The third-order valence-corrected chi connectivity index (χ3v) is 5.43. The van der Waals surface area contributed by atoms with Crippen LogP contribution in [-0.4, -0.2) is 23.3 Å². The molecule has 2 unspecified atom stereocenters. The monoisotopic (exact) mass is 354 g/mol. The van der Waals surface area contributed by atoms with E-state index in [0.717, 1.165) is 17.9 Å². The van der Waals surface area contributed by atoms with Crippen LogP contribution in [0.25, 0.3) is 11.3 Å². The second kappa shape index (κ2) is 8.01. The minimum Gasteiger partial charge on any atom is -0.350 e. The molecule has 138 valence electrons. The van der Waals surface area contributed by atoms with Crippen LogP contribution in [0.15, 0.2) is 40.9 Å². The molecule has 1 aromatic carbocycles. The Bertz CT molecular complexity index is 724. The third-order valence-electron chi connectivity index (χ3n) is 5.43. The minimum atomic E-state index is -0.239. The average molecular weight is 354 g/mol. The van der Waals surface area contributed by atoms with Gasteiger partial charge >= 0.3 is 0 Å². The van der Waals surface area contributed by atoms with Gasteiger partial charge in [0.2, 0.25) is 5.76 Å². The van der Waals surface area contributed by atoms with Crippen LogP contribution in [-0.2, 0) is 0 Å². The maximum absolute atomic E-state index is 12.4. The first-order chi connectivity index (χ1) is 12.8. The Balaban J connectivity index is 1.29. The fraction of sp³-hybridized carbons (Fsp3) is 0.500. The SMILES string of the molecule is O=C(NC1CC(CC2CCCCC2)NN1)c1cc(-c2ccccc2)no1. The third kappa shape index (κ3) is 4.14. The number of nitrogens with zero attached hydrogens (tertiary/aromatic N) is 1. The van der Waals surface area contributed by atoms with E-state index in [-0.39, 0.29) is 17.8 Å². The van der Waals surface area contributed by atoms with E-state index in [9.17, 15) is 4.79 Å². The quantitative estimate of drug-likeness (QED) is 0.768. The summed E-state index contributed by atoms with van der Waals surface area (Å²) >= 11 is 0. The van der Waals surface area contributed by atoms with Gasteiger partial charge in [-0.15, -0.1) is 0 Å². The van der Waals surface area contributed by atoms with Gasteiger partial charge in [0, 0.05) is 17.7 Å².